The largest absolute Gasteiger partial charge is 0.377 e. The molecule has 0 unspecified atom stereocenters. The molecule has 0 aromatic heterocycles. The number of hydrogen-bond acceptors (Lipinski definition) is 1. The molecule has 0 fully saturated rings. The van der Waals surface area contributed by atoms with E-state index in [9.17, 15) is 4.39 Å². The standard InChI is InChI=1S/C8H11FO/c1-6(10-2)7-3-4-8(9)5-7/h4-6H,3H2,1-2H3/t6-/m1/s1. The zero-order valence-electron chi connectivity index (χ0n) is 6.23. The molecule has 1 nitrogen and oxygen atoms in total. The van der Waals surface area contributed by atoms with E-state index < -0.39 is 0 Å². The summed E-state index contributed by atoms with van der Waals surface area (Å²) in [7, 11) is 1.63. The van der Waals surface area contributed by atoms with Gasteiger partial charge in [-0.05, 0) is 31.1 Å². The summed E-state index contributed by atoms with van der Waals surface area (Å²) < 4.78 is 17.4. The summed E-state index contributed by atoms with van der Waals surface area (Å²) in [5, 5.41) is 0. The van der Waals surface area contributed by atoms with E-state index in [0.717, 1.165) is 5.57 Å². The molecule has 0 aromatic carbocycles. The van der Waals surface area contributed by atoms with Crippen LogP contribution in [0, 0.1) is 0 Å². The van der Waals surface area contributed by atoms with Gasteiger partial charge in [-0.25, -0.2) is 4.39 Å². The zero-order valence-corrected chi connectivity index (χ0v) is 6.23. The summed E-state index contributed by atoms with van der Waals surface area (Å²) in [4.78, 5) is 0. The first-order valence-corrected chi connectivity index (χ1v) is 3.33. The number of halogens is 1. The molecule has 0 N–H and O–H groups in total. The average molecular weight is 142 g/mol. The van der Waals surface area contributed by atoms with Crippen LogP contribution in [0.15, 0.2) is 23.6 Å². The molecule has 1 aliphatic carbocycles. The molecular weight excluding hydrogens is 131 g/mol. The van der Waals surface area contributed by atoms with Crippen LogP contribution in [0.1, 0.15) is 13.3 Å². The van der Waals surface area contributed by atoms with E-state index in [2.05, 4.69) is 0 Å². The Kier molecular flexibility index (Phi) is 2.22. The second-order valence-electron chi connectivity index (χ2n) is 2.39. The molecular formula is C8H11FO. The van der Waals surface area contributed by atoms with E-state index in [1.54, 1.807) is 13.2 Å². The van der Waals surface area contributed by atoms with Gasteiger partial charge in [0.2, 0.25) is 0 Å². The quantitative estimate of drug-likeness (QED) is 0.574. The molecule has 0 spiro atoms. The smallest absolute Gasteiger partial charge is 0.119 e. The summed E-state index contributed by atoms with van der Waals surface area (Å²) in [6.45, 7) is 1.91. The van der Waals surface area contributed by atoms with Gasteiger partial charge in [0.15, 0.2) is 0 Å². The lowest BCUT2D eigenvalue weighted by molar-refractivity contribution is 0.145. The Bertz CT molecular complexity index is 182. The van der Waals surface area contributed by atoms with Crippen LogP contribution in [0.3, 0.4) is 0 Å². The Hall–Kier alpha value is -0.630. The molecule has 1 atom stereocenters. The minimum atomic E-state index is -0.140. The normalized spacial score (nSPS) is 20.3. The number of hydrogen-bond donors (Lipinski definition) is 0. The molecule has 0 aliphatic heterocycles. The molecule has 0 heterocycles. The fraction of sp³-hybridized carbons (Fsp3) is 0.500. The second kappa shape index (κ2) is 2.97. The maximum absolute atomic E-state index is 12.4. The van der Waals surface area contributed by atoms with Crippen LogP contribution in [0.25, 0.3) is 0 Å². The number of methoxy groups -OCH3 is 1. The van der Waals surface area contributed by atoms with Gasteiger partial charge in [0, 0.05) is 7.11 Å². The minimum Gasteiger partial charge on any atom is -0.377 e. The second-order valence-corrected chi connectivity index (χ2v) is 2.39. The van der Waals surface area contributed by atoms with Crippen LogP contribution >= 0.6 is 0 Å². The first-order chi connectivity index (χ1) is 4.74. The number of ether oxygens (including phenoxy) is 1. The van der Waals surface area contributed by atoms with E-state index in [-0.39, 0.29) is 11.9 Å². The molecule has 56 valence electrons. The highest BCUT2D eigenvalue weighted by atomic mass is 19.1. The average Bonchev–Trinajstić information content (AvgIpc) is 2.34. The van der Waals surface area contributed by atoms with Crippen LogP contribution < -0.4 is 0 Å². The fourth-order valence-electron chi connectivity index (χ4n) is 0.945. The third kappa shape index (κ3) is 1.45. The predicted octanol–water partition coefficient (Wildman–Crippen LogP) is 2.20. The Balaban J connectivity index is 2.54. The van der Waals surface area contributed by atoms with Crippen molar-refractivity contribution in [2.45, 2.75) is 19.4 Å². The maximum atomic E-state index is 12.4. The molecule has 0 aromatic rings. The van der Waals surface area contributed by atoms with E-state index in [1.165, 1.54) is 6.08 Å². The van der Waals surface area contributed by atoms with Crippen molar-refractivity contribution < 1.29 is 9.13 Å². The highest BCUT2D eigenvalue weighted by Gasteiger charge is 2.11. The van der Waals surface area contributed by atoms with E-state index in [4.69, 9.17) is 4.74 Å². The molecule has 0 bridgehead atoms. The molecule has 1 rings (SSSR count). The Morgan fingerprint density at radius 1 is 1.70 bits per heavy atom. The van der Waals surface area contributed by atoms with Crippen molar-refractivity contribution in [3.05, 3.63) is 23.6 Å². The SMILES string of the molecule is CO[C@H](C)C1=CC(F)=CC1. The summed E-state index contributed by atoms with van der Waals surface area (Å²) in [6, 6.07) is 0. The van der Waals surface area contributed by atoms with E-state index in [1.807, 2.05) is 6.92 Å². The lowest BCUT2D eigenvalue weighted by Gasteiger charge is -2.08. The Morgan fingerprint density at radius 3 is 2.80 bits per heavy atom. The highest BCUT2D eigenvalue weighted by molar-refractivity contribution is 5.29. The summed E-state index contributed by atoms with van der Waals surface area (Å²) in [5.74, 6) is -0.140. The third-order valence-electron chi connectivity index (χ3n) is 1.73. The molecule has 1 aliphatic rings. The van der Waals surface area contributed by atoms with Gasteiger partial charge in [-0.2, -0.15) is 0 Å². The van der Waals surface area contributed by atoms with Crippen LogP contribution in [0.2, 0.25) is 0 Å². The van der Waals surface area contributed by atoms with Crippen molar-refractivity contribution in [1.29, 1.82) is 0 Å². The maximum Gasteiger partial charge on any atom is 0.119 e. The minimum absolute atomic E-state index is 0.0458. The number of allylic oxidation sites excluding steroid dienone is 3. The summed E-state index contributed by atoms with van der Waals surface area (Å²) >= 11 is 0. The highest BCUT2D eigenvalue weighted by Crippen LogP contribution is 2.21. The molecule has 0 amide bonds. The van der Waals surface area contributed by atoms with Crippen molar-refractivity contribution in [3.8, 4) is 0 Å². The van der Waals surface area contributed by atoms with Gasteiger partial charge in [-0.1, -0.05) is 0 Å². The molecule has 10 heavy (non-hydrogen) atoms. The van der Waals surface area contributed by atoms with Crippen LogP contribution in [0.5, 0.6) is 0 Å². The van der Waals surface area contributed by atoms with Gasteiger partial charge in [0.25, 0.3) is 0 Å². The fourth-order valence-corrected chi connectivity index (χ4v) is 0.945. The van der Waals surface area contributed by atoms with Gasteiger partial charge in [0.1, 0.15) is 5.83 Å². The molecule has 2 heteroatoms. The van der Waals surface area contributed by atoms with Crippen molar-refractivity contribution in [1.82, 2.24) is 0 Å². The predicted molar refractivity (Wildman–Crippen MR) is 38.4 cm³/mol. The lowest BCUT2D eigenvalue weighted by Crippen LogP contribution is -2.06. The third-order valence-corrected chi connectivity index (χ3v) is 1.73. The Labute approximate surface area is 60.2 Å². The van der Waals surface area contributed by atoms with Gasteiger partial charge < -0.3 is 4.74 Å². The van der Waals surface area contributed by atoms with Crippen LogP contribution in [0.4, 0.5) is 4.39 Å². The molecule has 0 radical (unpaired) electrons. The van der Waals surface area contributed by atoms with Crippen molar-refractivity contribution in [3.63, 3.8) is 0 Å². The van der Waals surface area contributed by atoms with Crippen LogP contribution in [-0.2, 0) is 4.74 Å². The van der Waals surface area contributed by atoms with Crippen LogP contribution in [-0.4, -0.2) is 13.2 Å². The molecule has 0 saturated heterocycles. The lowest BCUT2D eigenvalue weighted by atomic mass is 10.1. The van der Waals surface area contributed by atoms with Gasteiger partial charge in [0.05, 0.1) is 6.10 Å². The zero-order chi connectivity index (χ0) is 7.56. The van der Waals surface area contributed by atoms with E-state index in [0.29, 0.717) is 6.42 Å². The Morgan fingerprint density at radius 2 is 2.40 bits per heavy atom. The van der Waals surface area contributed by atoms with Crippen molar-refractivity contribution in [2.75, 3.05) is 7.11 Å². The van der Waals surface area contributed by atoms with Gasteiger partial charge in [-0.15, -0.1) is 0 Å². The first kappa shape index (κ1) is 7.48. The topological polar surface area (TPSA) is 9.23 Å². The number of rotatable bonds is 2. The molecule has 0 saturated carbocycles. The van der Waals surface area contributed by atoms with Gasteiger partial charge in [-0.3, -0.25) is 0 Å². The van der Waals surface area contributed by atoms with Crippen molar-refractivity contribution in [2.24, 2.45) is 0 Å². The monoisotopic (exact) mass is 142 g/mol. The summed E-state index contributed by atoms with van der Waals surface area (Å²) in [6.07, 6.45) is 3.84. The first-order valence-electron chi connectivity index (χ1n) is 3.33. The van der Waals surface area contributed by atoms with Gasteiger partial charge >= 0.3 is 0 Å². The van der Waals surface area contributed by atoms with E-state index >= 15 is 0 Å². The summed E-state index contributed by atoms with van der Waals surface area (Å²) in [5.41, 5.74) is 1.01. The van der Waals surface area contributed by atoms with Crippen molar-refractivity contribution >= 4 is 0 Å².